The minimum absolute atomic E-state index is 0.0375. The largest absolute Gasteiger partial charge is 0.545 e. The van der Waals surface area contributed by atoms with E-state index in [1.54, 1.807) is 11.8 Å². The zero-order chi connectivity index (χ0) is 35.0. The minimum Gasteiger partial charge on any atom is -0.545 e. The Morgan fingerprint density at radius 3 is 2.32 bits per heavy atom. The van der Waals surface area contributed by atoms with Gasteiger partial charge in [-0.25, -0.2) is 36.1 Å². The molecule has 2 aromatic carbocycles. The van der Waals surface area contributed by atoms with Crippen LogP contribution >= 0.6 is 23.1 Å². The van der Waals surface area contributed by atoms with Crippen LogP contribution in [0.25, 0.3) is 0 Å². The van der Waals surface area contributed by atoms with Crippen molar-refractivity contribution in [3.8, 4) is 0 Å². The summed E-state index contributed by atoms with van der Waals surface area (Å²) in [6, 6.07) is 12.6. The van der Waals surface area contributed by atoms with E-state index < -0.39 is 32.0 Å². The maximum atomic E-state index is 13.0. The zero-order valence-corrected chi connectivity index (χ0v) is 28.4. The third kappa shape index (κ3) is 14.6. The van der Waals surface area contributed by atoms with Crippen LogP contribution in [0.15, 0.2) is 80.8 Å². The van der Waals surface area contributed by atoms with Crippen molar-refractivity contribution in [1.82, 2.24) is 19.7 Å². The molecule has 0 saturated heterocycles. The molecular formula is C27H34N8O8S4. The number of aryl methyl sites for hydroxylation is 1. The number of guanidine groups is 2. The van der Waals surface area contributed by atoms with Crippen LogP contribution < -0.4 is 36.3 Å². The first-order chi connectivity index (χ1) is 22.1. The highest BCUT2D eigenvalue weighted by molar-refractivity contribution is 7.98. The number of hydrogen-bond donors (Lipinski definition) is 7. The molecule has 20 heteroatoms. The van der Waals surface area contributed by atoms with Crippen LogP contribution in [-0.4, -0.2) is 70.1 Å². The van der Waals surface area contributed by atoms with E-state index in [9.17, 15) is 31.5 Å². The number of aliphatic imine (C=N–C) groups is 1. The molecule has 254 valence electrons. The number of thioether (sulfide) groups is 1. The van der Waals surface area contributed by atoms with Crippen molar-refractivity contribution in [3.05, 3.63) is 82.9 Å². The second kappa shape index (κ2) is 18.6. The highest BCUT2D eigenvalue weighted by atomic mass is 32.2. The Balaban J connectivity index is 0.000000849. The number of benzene rings is 2. The normalized spacial score (nSPS) is 11.7. The van der Waals surface area contributed by atoms with Crippen molar-refractivity contribution >= 4 is 72.1 Å². The van der Waals surface area contributed by atoms with Gasteiger partial charge in [0, 0.05) is 43.1 Å². The molecule has 0 bridgehead atoms. The molecule has 3 aromatic rings. The van der Waals surface area contributed by atoms with Gasteiger partial charge in [-0.2, -0.15) is 11.8 Å². The van der Waals surface area contributed by atoms with Gasteiger partial charge in [-0.15, -0.1) is 4.98 Å². The molecule has 0 unspecified atom stereocenters. The summed E-state index contributed by atoms with van der Waals surface area (Å²) >= 11 is 2.98. The van der Waals surface area contributed by atoms with E-state index in [4.69, 9.17) is 16.6 Å². The number of nitrogens with two attached hydrogens (primary N) is 2. The summed E-state index contributed by atoms with van der Waals surface area (Å²) in [7, 11) is -6.60. The maximum Gasteiger partial charge on any atom is 0.328 e. The number of nitrogens with one attached hydrogen (secondary N) is 4. The van der Waals surface area contributed by atoms with Crippen LogP contribution in [0, 0.1) is 6.92 Å². The lowest BCUT2D eigenvalue weighted by atomic mass is 10.2. The van der Waals surface area contributed by atoms with Gasteiger partial charge in [-0.3, -0.25) is 4.99 Å². The lowest BCUT2D eigenvalue weighted by Gasteiger charge is -2.13. The summed E-state index contributed by atoms with van der Waals surface area (Å²) in [5.74, 6) is -1.40. The standard InChI is InChI=1S/C23H30N8O4S4.C4H4O4/c1-16-6-8-17(9-7-16)13-28-38(32,33)19-4-3-5-20(12-19)39(34,35)31-22(26-2)27-10-11-36-14-18-15-37-23(29-18)30-21(24)25;5-3(6)1-2-4(7)8/h3-9,12,15,28H,10-11,13-14H2,1-2H3,(H2,26,27,31)(H4,24,25,29,30);1-2H,(H,5,6)(H,7,8)/b;2-1+. The topological polar surface area (TPSA) is 273 Å². The summed E-state index contributed by atoms with van der Waals surface area (Å²) < 4.78 is 56.4. The van der Waals surface area contributed by atoms with Crippen LogP contribution in [0.4, 0.5) is 5.13 Å². The molecule has 3 rings (SSSR count). The van der Waals surface area contributed by atoms with Crippen LogP contribution in [0.2, 0.25) is 0 Å². The number of aliphatic carboxylic acids is 2. The van der Waals surface area contributed by atoms with Crippen molar-refractivity contribution in [2.75, 3.05) is 19.3 Å². The lowest BCUT2D eigenvalue weighted by Crippen LogP contribution is -2.72. The molecule has 0 spiro atoms. The van der Waals surface area contributed by atoms with Gasteiger partial charge in [0.15, 0.2) is 0 Å². The third-order valence-corrected chi connectivity index (χ3v) is 9.96. The number of nitrogens with zero attached hydrogens (tertiary/aromatic N) is 2. The lowest BCUT2D eigenvalue weighted by molar-refractivity contribution is -0.355. The fourth-order valence-corrected chi connectivity index (χ4v) is 7.03. The van der Waals surface area contributed by atoms with Gasteiger partial charge >= 0.3 is 11.9 Å². The third-order valence-electron chi connectivity index (χ3n) is 5.42. The van der Waals surface area contributed by atoms with E-state index in [0.717, 1.165) is 22.9 Å². The first kappa shape index (κ1) is 38.7. The molecule has 0 fully saturated rings. The molecule has 47 heavy (non-hydrogen) atoms. The van der Waals surface area contributed by atoms with E-state index in [2.05, 4.69) is 29.7 Å². The van der Waals surface area contributed by atoms with Crippen molar-refractivity contribution in [3.63, 3.8) is 0 Å². The van der Waals surface area contributed by atoms with Gasteiger partial charge in [-0.05, 0) is 36.8 Å². The van der Waals surface area contributed by atoms with Crippen LogP contribution in [-0.2, 0) is 41.9 Å². The summed E-state index contributed by atoms with van der Waals surface area (Å²) in [6.45, 7) is 2.44. The van der Waals surface area contributed by atoms with Crippen molar-refractivity contribution in [2.45, 2.75) is 29.0 Å². The van der Waals surface area contributed by atoms with Crippen LogP contribution in [0.5, 0.6) is 0 Å². The van der Waals surface area contributed by atoms with E-state index in [-0.39, 0.29) is 28.3 Å². The van der Waals surface area contributed by atoms with Gasteiger partial charge in [-0.1, -0.05) is 47.2 Å². The Morgan fingerprint density at radius 2 is 1.74 bits per heavy atom. The minimum atomic E-state index is -4.10. The van der Waals surface area contributed by atoms with E-state index in [1.165, 1.54) is 36.6 Å². The average Bonchev–Trinajstić information content (AvgIpc) is 3.45. The number of carbonyl (C=O) groups is 2. The molecule has 16 nitrogen and oxygen atoms in total. The molecule has 1 heterocycles. The average molecular weight is 727 g/mol. The molecular weight excluding hydrogens is 693 g/mol. The fraction of sp³-hybridized carbons (Fsp3) is 0.222. The molecule has 0 radical (unpaired) electrons. The number of carbonyl (C=O) groups excluding carboxylic acids is 1. The Hall–Kier alpha value is -4.50. The molecule has 0 amide bonds. The Labute approximate surface area is 280 Å². The maximum absolute atomic E-state index is 13.0. The number of sulfonamides is 2. The Morgan fingerprint density at radius 1 is 1.09 bits per heavy atom. The van der Waals surface area contributed by atoms with Crippen molar-refractivity contribution in [1.29, 1.82) is 0 Å². The molecule has 0 aliphatic rings. The number of aromatic nitrogens is 1. The van der Waals surface area contributed by atoms with E-state index in [1.807, 2.05) is 36.6 Å². The Kier molecular flexibility index (Phi) is 15.3. The molecule has 0 aliphatic carbocycles. The fourth-order valence-electron chi connectivity index (χ4n) is 3.23. The molecule has 0 saturated carbocycles. The first-order valence-electron chi connectivity index (χ1n) is 13.3. The van der Waals surface area contributed by atoms with Gasteiger partial charge in [0.1, 0.15) is 5.69 Å². The van der Waals surface area contributed by atoms with E-state index in [0.29, 0.717) is 35.3 Å². The number of carboxylic acid groups (broad SMARTS) is 2. The molecule has 1 aromatic heterocycles. The SMILES string of the molecule is CN=C(NCCSCc1csc([NH+]=C(N)N)n1)NS(=O)(=O)c1cccc(S(=O)(=O)NCc2ccc(C)cc2)c1.O=C([O-])/C=C/C(=O)O. The van der Waals surface area contributed by atoms with Gasteiger partial charge in [0.05, 0.1) is 15.8 Å². The van der Waals surface area contributed by atoms with Gasteiger partial charge < -0.3 is 31.8 Å². The molecule has 9 N–H and O–H groups in total. The zero-order valence-electron chi connectivity index (χ0n) is 25.2. The first-order valence-corrected chi connectivity index (χ1v) is 18.3. The number of carboxylic acids is 2. The predicted octanol–water partition coefficient (Wildman–Crippen LogP) is -1.92. The molecule has 0 aliphatic heterocycles. The quantitative estimate of drug-likeness (QED) is 0.0414. The summed E-state index contributed by atoms with van der Waals surface area (Å²) in [4.78, 5) is 29.7. The highest BCUT2D eigenvalue weighted by Crippen LogP contribution is 2.17. The summed E-state index contributed by atoms with van der Waals surface area (Å²) in [5.41, 5.74) is 13.5. The van der Waals surface area contributed by atoms with Crippen molar-refractivity contribution in [2.24, 2.45) is 16.5 Å². The highest BCUT2D eigenvalue weighted by Gasteiger charge is 2.21. The second-order valence-corrected chi connectivity index (χ2v) is 14.6. The number of rotatable bonds is 14. The number of thiazole rings is 1. The summed E-state index contributed by atoms with van der Waals surface area (Å²) in [6.07, 6.45) is 0.942. The van der Waals surface area contributed by atoms with Gasteiger partial charge in [0.25, 0.3) is 15.2 Å². The summed E-state index contributed by atoms with van der Waals surface area (Å²) in [5, 5.41) is 22.7. The molecule has 0 atom stereocenters. The van der Waals surface area contributed by atoms with Crippen molar-refractivity contribution < 1.29 is 41.6 Å². The van der Waals surface area contributed by atoms with Crippen LogP contribution in [0.1, 0.15) is 16.8 Å². The number of hydrogen-bond acceptors (Lipinski definition) is 11. The monoisotopic (exact) mass is 726 g/mol. The van der Waals surface area contributed by atoms with Crippen LogP contribution in [0.3, 0.4) is 0 Å². The van der Waals surface area contributed by atoms with Gasteiger partial charge in [0.2, 0.25) is 16.0 Å². The smallest absolute Gasteiger partial charge is 0.328 e. The predicted molar refractivity (Wildman–Crippen MR) is 177 cm³/mol. The van der Waals surface area contributed by atoms with E-state index >= 15 is 0 Å². The Bertz CT molecular complexity index is 1800. The second-order valence-electron chi connectivity index (χ2n) is 9.16.